The minimum atomic E-state index is -0.824. The molecule has 1 aliphatic heterocycles. The number of hydrogen-bond acceptors (Lipinski definition) is 7. The zero-order valence-corrected chi connectivity index (χ0v) is 16.8. The molecule has 0 fully saturated rings. The molecule has 31 heavy (non-hydrogen) atoms. The molecule has 158 valence electrons. The fourth-order valence-corrected chi connectivity index (χ4v) is 2.90. The maximum atomic E-state index is 12.3. The van der Waals surface area contributed by atoms with E-state index in [1.54, 1.807) is 0 Å². The van der Waals surface area contributed by atoms with Crippen LogP contribution < -0.4 is 10.2 Å². The molecule has 1 heterocycles. The zero-order valence-electron chi connectivity index (χ0n) is 16.1. The quantitative estimate of drug-likeness (QED) is 0.538. The van der Waals surface area contributed by atoms with Crippen LogP contribution in [0.15, 0.2) is 54.6 Å². The van der Waals surface area contributed by atoms with E-state index >= 15 is 0 Å². The number of esters is 2. The monoisotopic (exact) mass is 442 g/mol. The zero-order chi connectivity index (χ0) is 22.5. The lowest BCUT2D eigenvalue weighted by Gasteiger charge is -2.14. The van der Waals surface area contributed by atoms with Crippen molar-refractivity contribution in [2.24, 2.45) is 0 Å². The lowest BCUT2D eigenvalue weighted by atomic mass is 10.2. The summed E-state index contributed by atoms with van der Waals surface area (Å²) in [5, 5.41) is 2.63. The van der Waals surface area contributed by atoms with Crippen molar-refractivity contribution in [1.29, 1.82) is 0 Å². The van der Waals surface area contributed by atoms with Gasteiger partial charge in [-0.05, 0) is 36.4 Å². The number of nitrogens with one attached hydrogen (secondary N) is 1. The fraction of sp³-hybridized carbons (Fsp3) is 0.0952. The van der Waals surface area contributed by atoms with Crippen LogP contribution in [0.5, 0.6) is 0 Å². The molecule has 0 atom stereocenters. The van der Waals surface area contributed by atoms with Crippen LogP contribution in [0.4, 0.5) is 11.4 Å². The Hall–Kier alpha value is -3.98. The summed E-state index contributed by atoms with van der Waals surface area (Å²) in [7, 11) is 1.20. The molecule has 0 bridgehead atoms. The van der Waals surface area contributed by atoms with E-state index in [1.807, 2.05) is 0 Å². The largest absolute Gasteiger partial charge is 0.465 e. The van der Waals surface area contributed by atoms with Crippen molar-refractivity contribution < 1.29 is 33.4 Å². The third-order valence-corrected chi connectivity index (χ3v) is 4.47. The smallest absolute Gasteiger partial charge is 0.339 e. The summed E-state index contributed by atoms with van der Waals surface area (Å²) in [6, 6.07) is 9.91. The van der Waals surface area contributed by atoms with E-state index in [2.05, 4.69) is 10.1 Å². The van der Waals surface area contributed by atoms with Crippen LogP contribution in [0.3, 0.4) is 0 Å². The molecular formula is C21H15ClN2O7. The van der Waals surface area contributed by atoms with E-state index in [0.717, 1.165) is 17.1 Å². The Balaban J connectivity index is 1.62. The van der Waals surface area contributed by atoms with Crippen LogP contribution in [0.1, 0.15) is 20.7 Å². The lowest BCUT2D eigenvalue weighted by molar-refractivity contribution is -0.120. The minimum Gasteiger partial charge on any atom is -0.465 e. The number of carbonyl (C=O) groups is 5. The van der Waals surface area contributed by atoms with Crippen molar-refractivity contribution in [2.45, 2.75) is 0 Å². The number of amides is 3. The molecule has 0 unspecified atom stereocenters. The van der Waals surface area contributed by atoms with Gasteiger partial charge >= 0.3 is 11.9 Å². The third kappa shape index (κ3) is 4.96. The van der Waals surface area contributed by atoms with E-state index in [0.29, 0.717) is 0 Å². The number of anilines is 2. The summed E-state index contributed by atoms with van der Waals surface area (Å²) in [6.45, 7) is -0.609. The average molecular weight is 443 g/mol. The molecule has 0 saturated heterocycles. The molecular weight excluding hydrogens is 428 g/mol. The highest BCUT2D eigenvalue weighted by Crippen LogP contribution is 2.22. The van der Waals surface area contributed by atoms with Gasteiger partial charge in [0.2, 0.25) is 0 Å². The Morgan fingerprint density at radius 1 is 1.00 bits per heavy atom. The Morgan fingerprint density at radius 2 is 1.71 bits per heavy atom. The second-order valence-corrected chi connectivity index (χ2v) is 6.61. The highest BCUT2D eigenvalue weighted by molar-refractivity contribution is 6.33. The van der Waals surface area contributed by atoms with Gasteiger partial charge in [-0.3, -0.25) is 14.4 Å². The molecule has 0 radical (unpaired) electrons. The minimum absolute atomic E-state index is 0.0530. The van der Waals surface area contributed by atoms with Crippen molar-refractivity contribution >= 4 is 52.6 Å². The summed E-state index contributed by atoms with van der Waals surface area (Å²) in [5.41, 5.74) is 0.579. The van der Waals surface area contributed by atoms with Crippen molar-refractivity contribution in [2.75, 3.05) is 23.9 Å². The number of hydrogen-bond donors (Lipinski definition) is 1. The number of methoxy groups -OCH3 is 1. The highest BCUT2D eigenvalue weighted by Gasteiger charge is 2.25. The summed E-state index contributed by atoms with van der Waals surface area (Å²) < 4.78 is 9.59. The fourth-order valence-electron chi connectivity index (χ4n) is 2.71. The van der Waals surface area contributed by atoms with Gasteiger partial charge in [0, 0.05) is 17.8 Å². The number of benzene rings is 2. The van der Waals surface area contributed by atoms with Crippen LogP contribution in [0.25, 0.3) is 0 Å². The first-order valence-electron chi connectivity index (χ1n) is 8.81. The van der Waals surface area contributed by atoms with E-state index in [9.17, 15) is 24.0 Å². The van der Waals surface area contributed by atoms with E-state index < -0.39 is 36.3 Å². The molecule has 0 aromatic heterocycles. The molecule has 2 aromatic carbocycles. The second kappa shape index (κ2) is 9.23. The maximum Gasteiger partial charge on any atom is 0.339 e. The van der Waals surface area contributed by atoms with Gasteiger partial charge in [-0.15, -0.1) is 0 Å². The topological polar surface area (TPSA) is 119 Å². The van der Waals surface area contributed by atoms with Gasteiger partial charge in [0.05, 0.1) is 28.9 Å². The number of imide groups is 1. The van der Waals surface area contributed by atoms with Crippen LogP contribution >= 0.6 is 11.6 Å². The Kier molecular flexibility index (Phi) is 6.46. The van der Waals surface area contributed by atoms with Gasteiger partial charge in [-0.1, -0.05) is 17.7 Å². The Bertz CT molecular complexity index is 1110. The number of nitrogens with zero attached hydrogens (tertiary/aromatic N) is 1. The second-order valence-electron chi connectivity index (χ2n) is 6.21. The first-order chi connectivity index (χ1) is 14.8. The van der Waals surface area contributed by atoms with Crippen molar-refractivity contribution in [3.05, 3.63) is 70.8 Å². The van der Waals surface area contributed by atoms with E-state index in [1.165, 1.54) is 49.6 Å². The van der Waals surface area contributed by atoms with Gasteiger partial charge in [0.25, 0.3) is 17.7 Å². The summed E-state index contributed by atoms with van der Waals surface area (Å²) >= 11 is 5.92. The van der Waals surface area contributed by atoms with Crippen LogP contribution in [-0.4, -0.2) is 43.4 Å². The predicted molar refractivity (Wildman–Crippen MR) is 110 cm³/mol. The normalized spacial score (nSPS) is 12.6. The predicted octanol–water partition coefficient (Wildman–Crippen LogP) is 2.35. The van der Waals surface area contributed by atoms with Crippen molar-refractivity contribution in [3.63, 3.8) is 0 Å². The van der Waals surface area contributed by atoms with Gasteiger partial charge in [-0.2, -0.15) is 0 Å². The SMILES string of the molecule is COC(=O)c1cc(NC(=O)COC(=O)c2cccc(N3C(=O)C=CC3=O)c2)ccc1Cl. The first-order valence-corrected chi connectivity index (χ1v) is 9.19. The van der Waals surface area contributed by atoms with Gasteiger partial charge in [0.1, 0.15) is 0 Å². The van der Waals surface area contributed by atoms with E-state index in [4.69, 9.17) is 16.3 Å². The van der Waals surface area contributed by atoms with Crippen LogP contribution in [0.2, 0.25) is 5.02 Å². The number of rotatable bonds is 6. The van der Waals surface area contributed by atoms with Crippen LogP contribution in [-0.2, 0) is 23.9 Å². The van der Waals surface area contributed by atoms with Gasteiger partial charge in [-0.25, -0.2) is 14.5 Å². The first kappa shape index (κ1) is 21.7. The molecule has 3 rings (SSSR count). The van der Waals surface area contributed by atoms with E-state index in [-0.39, 0.29) is 27.5 Å². The molecule has 3 amide bonds. The molecule has 0 spiro atoms. The summed E-state index contributed by atoms with van der Waals surface area (Å²) in [6.07, 6.45) is 2.25. The molecule has 10 heteroatoms. The third-order valence-electron chi connectivity index (χ3n) is 4.14. The molecule has 0 aliphatic carbocycles. The maximum absolute atomic E-state index is 12.3. The summed E-state index contributed by atoms with van der Waals surface area (Å²) in [5.74, 6) is -3.20. The number of carbonyl (C=O) groups excluding carboxylic acids is 5. The lowest BCUT2D eigenvalue weighted by Crippen LogP contribution is -2.29. The number of ether oxygens (including phenoxy) is 2. The highest BCUT2D eigenvalue weighted by atomic mass is 35.5. The van der Waals surface area contributed by atoms with Crippen LogP contribution in [0, 0.1) is 0 Å². The molecule has 9 nitrogen and oxygen atoms in total. The standard InChI is InChI=1S/C21H15ClN2O7/c1-30-21(29)15-10-13(5-6-16(15)22)23-17(25)11-31-20(28)12-3-2-4-14(9-12)24-18(26)7-8-19(24)27/h2-10H,11H2,1H3,(H,23,25). The molecule has 2 aromatic rings. The van der Waals surface area contributed by atoms with Crippen molar-refractivity contribution in [1.82, 2.24) is 0 Å². The van der Waals surface area contributed by atoms with Crippen molar-refractivity contribution in [3.8, 4) is 0 Å². The summed E-state index contributed by atoms with van der Waals surface area (Å²) in [4.78, 5) is 60.5. The molecule has 1 N–H and O–H groups in total. The van der Waals surface area contributed by atoms with Gasteiger partial charge in [0.15, 0.2) is 6.61 Å². The molecule has 1 aliphatic rings. The average Bonchev–Trinajstić information content (AvgIpc) is 3.10. The Morgan fingerprint density at radius 3 is 2.39 bits per heavy atom. The van der Waals surface area contributed by atoms with Gasteiger partial charge < -0.3 is 14.8 Å². The Labute approximate surface area is 181 Å². The number of halogens is 1. The molecule has 0 saturated carbocycles.